The molecular formula is C24H28N2O2. The van der Waals surface area contributed by atoms with Crippen molar-refractivity contribution in [1.29, 1.82) is 0 Å². The third kappa shape index (κ3) is 4.06. The predicted octanol–water partition coefficient (Wildman–Crippen LogP) is 5.52. The largest absolute Gasteiger partial charge is 0.289 e. The zero-order valence-corrected chi connectivity index (χ0v) is 17.0. The van der Waals surface area contributed by atoms with E-state index in [0.717, 1.165) is 60.9 Å². The summed E-state index contributed by atoms with van der Waals surface area (Å²) in [5.41, 5.74) is 4.49. The normalized spacial score (nSPS) is 17.1. The van der Waals surface area contributed by atoms with E-state index in [9.17, 15) is 9.59 Å². The van der Waals surface area contributed by atoms with Gasteiger partial charge in [0.1, 0.15) is 0 Å². The molecule has 146 valence electrons. The second-order valence-corrected chi connectivity index (χ2v) is 7.34. The lowest BCUT2D eigenvalue weighted by Crippen LogP contribution is -2.22. The number of nitrogens with zero attached hydrogens (tertiary/aromatic N) is 2. The van der Waals surface area contributed by atoms with E-state index in [1.807, 2.05) is 49.4 Å². The fraction of sp³-hybridized carbons (Fsp3) is 0.375. The molecule has 1 amide bonds. The van der Waals surface area contributed by atoms with Gasteiger partial charge >= 0.3 is 0 Å². The van der Waals surface area contributed by atoms with Crippen LogP contribution in [0.4, 0.5) is 5.69 Å². The highest BCUT2D eigenvalue weighted by atomic mass is 16.2. The molecule has 0 radical (unpaired) electrons. The molecule has 1 aromatic rings. The molecule has 0 aromatic heterocycles. The number of hydrogen-bond acceptors (Lipinski definition) is 3. The van der Waals surface area contributed by atoms with Crippen LogP contribution < -0.4 is 5.01 Å². The first kappa shape index (κ1) is 20.0. The van der Waals surface area contributed by atoms with Crippen molar-refractivity contribution in [2.24, 2.45) is 5.10 Å². The molecule has 0 unspecified atom stereocenters. The van der Waals surface area contributed by atoms with Crippen LogP contribution in [0.2, 0.25) is 0 Å². The average Bonchev–Trinajstić information content (AvgIpc) is 3.01. The molecule has 1 aliphatic heterocycles. The van der Waals surface area contributed by atoms with Crippen molar-refractivity contribution in [2.75, 3.05) is 5.01 Å². The molecule has 0 spiro atoms. The smallest absolute Gasteiger partial charge is 0.281 e. The predicted molar refractivity (Wildman–Crippen MR) is 114 cm³/mol. The van der Waals surface area contributed by atoms with Gasteiger partial charge in [-0.25, -0.2) is 0 Å². The Labute approximate surface area is 167 Å². The van der Waals surface area contributed by atoms with Crippen molar-refractivity contribution in [1.82, 2.24) is 0 Å². The van der Waals surface area contributed by atoms with Crippen LogP contribution in [0.1, 0.15) is 59.3 Å². The van der Waals surface area contributed by atoms with E-state index in [4.69, 9.17) is 0 Å². The van der Waals surface area contributed by atoms with Gasteiger partial charge in [0.2, 0.25) is 0 Å². The minimum Gasteiger partial charge on any atom is -0.289 e. The summed E-state index contributed by atoms with van der Waals surface area (Å²) >= 11 is 0. The van der Waals surface area contributed by atoms with Gasteiger partial charge in [-0.3, -0.25) is 9.59 Å². The third-order valence-corrected chi connectivity index (χ3v) is 5.15. The van der Waals surface area contributed by atoms with Crippen LogP contribution in [0.5, 0.6) is 0 Å². The molecule has 0 atom stereocenters. The van der Waals surface area contributed by atoms with Crippen molar-refractivity contribution in [3.8, 4) is 0 Å². The number of hydrazone groups is 1. The Hall–Kier alpha value is -2.75. The van der Waals surface area contributed by atoms with E-state index >= 15 is 0 Å². The number of para-hydroxylation sites is 1. The summed E-state index contributed by atoms with van der Waals surface area (Å²) in [5.74, 6) is 0.0106. The quantitative estimate of drug-likeness (QED) is 0.588. The van der Waals surface area contributed by atoms with Crippen molar-refractivity contribution in [3.05, 3.63) is 64.8 Å². The van der Waals surface area contributed by atoms with Gasteiger partial charge in [-0.05, 0) is 62.5 Å². The molecule has 1 aromatic carbocycles. The van der Waals surface area contributed by atoms with Crippen LogP contribution in [0.15, 0.2) is 69.9 Å². The van der Waals surface area contributed by atoms with Crippen molar-refractivity contribution in [3.63, 3.8) is 0 Å². The van der Waals surface area contributed by atoms with Gasteiger partial charge in [0, 0.05) is 11.1 Å². The summed E-state index contributed by atoms with van der Waals surface area (Å²) in [6.45, 7) is 6.10. The van der Waals surface area contributed by atoms with E-state index in [-0.39, 0.29) is 11.7 Å². The van der Waals surface area contributed by atoms with Crippen molar-refractivity contribution >= 4 is 23.1 Å². The highest BCUT2D eigenvalue weighted by molar-refractivity contribution is 6.31. The summed E-state index contributed by atoms with van der Waals surface area (Å²) in [7, 11) is 0. The molecule has 4 heteroatoms. The Balaban J connectivity index is 2.02. The Morgan fingerprint density at radius 2 is 1.46 bits per heavy atom. The maximum atomic E-state index is 13.1. The zero-order valence-electron chi connectivity index (χ0n) is 17.0. The van der Waals surface area contributed by atoms with E-state index in [0.29, 0.717) is 11.3 Å². The van der Waals surface area contributed by atoms with E-state index in [2.05, 4.69) is 18.9 Å². The van der Waals surface area contributed by atoms with Gasteiger partial charge in [-0.2, -0.15) is 10.1 Å². The van der Waals surface area contributed by atoms with Gasteiger partial charge in [0.05, 0.1) is 17.0 Å². The summed E-state index contributed by atoms with van der Waals surface area (Å²) < 4.78 is 0. The van der Waals surface area contributed by atoms with Crippen LogP contribution in [-0.2, 0) is 9.59 Å². The Morgan fingerprint density at radius 3 is 2.00 bits per heavy atom. The molecule has 4 nitrogen and oxygen atoms in total. The first-order chi connectivity index (χ1) is 13.6. The molecular weight excluding hydrogens is 348 g/mol. The Bertz CT molecular complexity index is 858. The van der Waals surface area contributed by atoms with E-state index in [1.54, 1.807) is 0 Å². The Morgan fingerprint density at radius 1 is 0.893 bits per heavy atom. The summed E-state index contributed by atoms with van der Waals surface area (Å²) in [4.78, 5) is 26.0. The van der Waals surface area contributed by atoms with E-state index < -0.39 is 0 Å². The maximum Gasteiger partial charge on any atom is 0.281 e. The SMILES string of the molecule is CCCCC1=CC(=C2C(=O)N(c3ccccc3)N=C2C)C=C(CCCC)C1=O. The van der Waals surface area contributed by atoms with Crippen LogP contribution in [0, 0.1) is 0 Å². The van der Waals surface area contributed by atoms with Gasteiger partial charge in [-0.15, -0.1) is 0 Å². The highest BCUT2D eigenvalue weighted by Crippen LogP contribution is 2.31. The molecule has 2 aliphatic rings. The van der Waals surface area contributed by atoms with Crippen LogP contribution in [0.25, 0.3) is 0 Å². The van der Waals surface area contributed by atoms with Gasteiger partial charge in [0.15, 0.2) is 5.78 Å². The lowest BCUT2D eigenvalue weighted by molar-refractivity contribution is -0.114. The van der Waals surface area contributed by atoms with Gasteiger partial charge < -0.3 is 0 Å². The van der Waals surface area contributed by atoms with Crippen molar-refractivity contribution < 1.29 is 9.59 Å². The highest BCUT2D eigenvalue weighted by Gasteiger charge is 2.32. The van der Waals surface area contributed by atoms with Crippen LogP contribution in [-0.4, -0.2) is 17.4 Å². The van der Waals surface area contributed by atoms with Crippen LogP contribution in [0.3, 0.4) is 0 Å². The molecule has 0 saturated carbocycles. The Kier molecular flexibility index (Phi) is 6.40. The number of allylic oxidation sites excluding steroid dienone is 5. The monoisotopic (exact) mass is 376 g/mol. The number of rotatable bonds is 7. The standard InChI is InChI=1S/C24H28N2O2/c1-4-6-11-18-15-20(16-19(23(18)27)12-7-5-2)22-17(3)25-26(24(22)28)21-13-9-8-10-14-21/h8-10,13-16H,4-7,11-12H2,1-3H3. The summed E-state index contributed by atoms with van der Waals surface area (Å²) in [6, 6.07) is 9.44. The van der Waals surface area contributed by atoms with Crippen LogP contribution >= 0.6 is 0 Å². The lowest BCUT2D eigenvalue weighted by atomic mass is 9.86. The number of carbonyl (C=O) groups is 2. The zero-order chi connectivity index (χ0) is 20.1. The molecule has 28 heavy (non-hydrogen) atoms. The van der Waals surface area contributed by atoms with E-state index in [1.165, 1.54) is 5.01 Å². The first-order valence-corrected chi connectivity index (χ1v) is 10.2. The second kappa shape index (κ2) is 8.96. The number of benzene rings is 1. The third-order valence-electron chi connectivity index (χ3n) is 5.15. The molecule has 3 rings (SSSR count). The maximum absolute atomic E-state index is 13.1. The molecule has 1 aliphatic carbocycles. The van der Waals surface area contributed by atoms with Crippen molar-refractivity contribution in [2.45, 2.75) is 59.3 Å². The first-order valence-electron chi connectivity index (χ1n) is 10.2. The second-order valence-electron chi connectivity index (χ2n) is 7.34. The molecule has 0 saturated heterocycles. The number of anilines is 1. The number of amides is 1. The van der Waals surface area contributed by atoms with Gasteiger partial charge in [0.25, 0.3) is 5.91 Å². The van der Waals surface area contributed by atoms with Gasteiger partial charge in [-0.1, -0.05) is 44.9 Å². The number of Topliss-reactive ketones (excluding diaryl/α,β-unsaturated/α-hetero) is 1. The minimum absolute atomic E-state index is 0.134. The number of unbranched alkanes of at least 4 members (excludes halogenated alkanes) is 2. The minimum atomic E-state index is -0.134. The summed E-state index contributed by atoms with van der Waals surface area (Å²) in [5, 5.41) is 5.94. The lowest BCUT2D eigenvalue weighted by Gasteiger charge is -2.17. The molecule has 0 fully saturated rings. The molecule has 0 N–H and O–H groups in total. The fourth-order valence-electron chi connectivity index (χ4n) is 3.59. The molecule has 1 heterocycles. The molecule has 0 bridgehead atoms. The topological polar surface area (TPSA) is 49.7 Å². The summed E-state index contributed by atoms with van der Waals surface area (Å²) in [6.07, 6.45) is 9.33. The number of carbonyl (C=O) groups excluding carboxylic acids is 2. The number of ketones is 1. The average molecular weight is 377 g/mol. The number of hydrogen-bond donors (Lipinski definition) is 0. The fourth-order valence-corrected chi connectivity index (χ4v) is 3.59.